The number of carboxylic acid groups (broad SMARTS) is 1. The Morgan fingerprint density at radius 1 is 1.14 bits per heavy atom. The molecule has 28 heavy (non-hydrogen) atoms. The minimum Gasteiger partial charge on any atom is -0.480 e. The minimum absolute atomic E-state index is 0.128. The zero-order valence-corrected chi connectivity index (χ0v) is 16.8. The monoisotopic (exact) mass is 387 g/mol. The van der Waals surface area contributed by atoms with E-state index in [4.69, 9.17) is 15.1 Å². The first kappa shape index (κ1) is 22.4. The third-order valence-corrected chi connectivity index (χ3v) is 5.53. The predicted molar refractivity (Wildman–Crippen MR) is 109 cm³/mol. The van der Waals surface area contributed by atoms with E-state index in [1.165, 1.54) is 18.4 Å². The molecule has 1 aromatic rings. The van der Waals surface area contributed by atoms with Crippen molar-refractivity contribution in [1.82, 2.24) is 10.6 Å². The second-order valence-electron chi connectivity index (χ2n) is 7.68. The molecule has 4 atom stereocenters. The highest BCUT2D eigenvalue weighted by atomic mass is 16.5. The number of hydrogen-bond acceptors (Lipinski definition) is 5. The Bertz CT molecular complexity index is 601. The molecule has 0 saturated carbocycles. The highest BCUT2D eigenvalue weighted by Crippen LogP contribution is 2.16. The lowest BCUT2D eigenvalue weighted by Crippen LogP contribution is -2.44. The van der Waals surface area contributed by atoms with Gasteiger partial charge in [-0.3, -0.25) is 4.79 Å². The van der Waals surface area contributed by atoms with Crippen molar-refractivity contribution in [2.45, 2.75) is 57.7 Å². The van der Waals surface area contributed by atoms with E-state index in [0.29, 0.717) is 25.6 Å². The number of carboxylic acids is 1. The minimum atomic E-state index is -0.751. The molecule has 2 fully saturated rings. The van der Waals surface area contributed by atoms with Crippen molar-refractivity contribution in [1.29, 1.82) is 5.26 Å². The van der Waals surface area contributed by atoms with Crippen molar-refractivity contribution < 1.29 is 14.6 Å². The molecule has 1 aromatic carbocycles. The summed E-state index contributed by atoms with van der Waals surface area (Å²) in [5.74, 6) is 0.479. The van der Waals surface area contributed by atoms with Gasteiger partial charge in [0.15, 0.2) is 0 Å². The zero-order chi connectivity index (χ0) is 20.2. The van der Waals surface area contributed by atoms with Gasteiger partial charge in [-0.15, -0.1) is 0 Å². The normalized spacial score (nSPS) is 27.1. The fraction of sp³-hybridized carbons (Fsp3) is 0.636. The van der Waals surface area contributed by atoms with Gasteiger partial charge >= 0.3 is 5.97 Å². The van der Waals surface area contributed by atoms with Gasteiger partial charge < -0.3 is 20.5 Å². The van der Waals surface area contributed by atoms with E-state index in [9.17, 15) is 4.79 Å². The molecule has 0 bridgehead atoms. The molecule has 2 aliphatic rings. The van der Waals surface area contributed by atoms with Crippen molar-refractivity contribution >= 4 is 5.97 Å². The van der Waals surface area contributed by atoms with Crippen LogP contribution < -0.4 is 10.6 Å². The van der Waals surface area contributed by atoms with E-state index in [0.717, 1.165) is 31.8 Å². The van der Waals surface area contributed by atoms with Crippen molar-refractivity contribution in [3.05, 3.63) is 35.9 Å². The van der Waals surface area contributed by atoms with Crippen LogP contribution in [0.25, 0.3) is 0 Å². The molecule has 154 valence electrons. The van der Waals surface area contributed by atoms with Crippen molar-refractivity contribution in [3.63, 3.8) is 0 Å². The van der Waals surface area contributed by atoms with Crippen LogP contribution in [0, 0.1) is 23.2 Å². The maximum Gasteiger partial charge on any atom is 0.320 e. The molecule has 6 nitrogen and oxygen atoms in total. The molecule has 0 aliphatic carbocycles. The first-order valence-electron chi connectivity index (χ1n) is 10.3. The number of piperidine rings is 2. The van der Waals surface area contributed by atoms with E-state index in [1.54, 1.807) is 0 Å². The van der Waals surface area contributed by atoms with Crippen LogP contribution in [0.1, 0.15) is 44.6 Å². The number of nitriles is 1. The fourth-order valence-corrected chi connectivity index (χ4v) is 3.56. The van der Waals surface area contributed by atoms with Gasteiger partial charge in [-0.2, -0.15) is 5.26 Å². The summed E-state index contributed by atoms with van der Waals surface area (Å²) < 4.78 is 5.67. The summed E-state index contributed by atoms with van der Waals surface area (Å²) in [6.45, 7) is 5.29. The molecule has 3 N–H and O–H groups in total. The Labute approximate surface area is 168 Å². The van der Waals surface area contributed by atoms with Gasteiger partial charge in [0, 0.05) is 6.54 Å². The first-order valence-corrected chi connectivity index (χ1v) is 10.3. The Balaban J connectivity index is 0.000000237. The molecule has 6 heteroatoms. The first-order chi connectivity index (χ1) is 13.6. The molecular formula is C22H33N3O3. The molecule has 2 saturated heterocycles. The van der Waals surface area contributed by atoms with E-state index >= 15 is 0 Å². The molecule has 0 spiro atoms. The van der Waals surface area contributed by atoms with E-state index in [-0.39, 0.29) is 12.1 Å². The molecule has 0 aromatic heterocycles. The van der Waals surface area contributed by atoms with Crippen LogP contribution in [0.2, 0.25) is 0 Å². The van der Waals surface area contributed by atoms with Crippen LogP contribution >= 0.6 is 0 Å². The summed E-state index contributed by atoms with van der Waals surface area (Å²) in [4.78, 5) is 10.8. The van der Waals surface area contributed by atoms with Crippen molar-refractivity contribution in [2.24, 2.45) is 11.8 Å². The standard InChI is InChI=1S/C14H19NO3.C8H14N2/c16-14(17)13-7-6-12(8-15-13)10-18-9-11-4-2-1-3-5-11;1-2-7-3-4-8(5-9)10-6-7/h1-5,12-13,15H,6-10H2,(H,16,17);7-8,10H,2-4,6H2,1H3/t12-,13+;7-,8+/m11/s1. The van der Waals surface area contributed by atoms with Crippen LogP contribution in [-0.2, 0) is 16.1 Å². The van der Waals surface area contributed by atoms with E-state index < -0.39 is 5.97 Å². The van der Waals surface area contributed by atoms with Crippen LogP contribution in [0.15, 0.2) is 30.3 Å². The fourth-order valence-electron chi connectivity index (χ4n) is 3.56. The third kappa shape index (κ3) is 7.97. The van der Waals surface area contributed by atoms with Crippen molar-refractivity contribution in [3.8, 4) is 6.07 Å². The van der Waals surface area contributed by atoms with Gasteiger partial charge in [-0.25, -0.2) is 0 Å². The molecule has 3 rings (SSSR count). The average molecular weight is 388 g/mol. The van der Waals surface area contributed by atoms with Gasteiger partial charge in [0.25, 0.3) is 0 Å². The van der Waals surface area contributed by atoms with Crippen LogP contribution in [0.3, 0.4) is 0 Å². The number of carbonyl (C=O) groups is 1. The largest absolute Gasteiger partial charge is 0.480 e. The van der Waals surface area contributed by atoms with Crippen molar-refractivity contribution in [2.75, 3.05) is 19.7 Å². The summed E-state index contributed by atoms with van der Waals surface area (Å²) in [7, 11) is 0. The second-order valence-corrected chi connectivity index (χ2v) is 7.68. The Morgan fingerprint density at radius 3 is 2.39 bits per heavy atom. The quantitative estimate of drug-likeness (QED) is 0.695. The van der Waals surface area contributed by atoms with Gasteiger partial charge in [0.1, 0.15) is 6.04 Å². The summed E-state index contributed by atoms with van der Waals surface area (Å²) in [5, 5.41) is 23.6. The highest BCUT2D eigenvalue weighted by Gasteiger charge is 2.25. The summed E-state index contributed by atoms with van der Waals surface area (Å²) >= 11 is 0. The van der Waals surface area contributed by atoms with E-state index in [2.05, 4.69) is 23.6 Å². The SMILES string of the molecule is CC[C@@H]1CC[C@@H](C#N)NC1.O=C(O)[C@@H]1CC[C@@H](COCc2ccccc2)CN1. The third-order valence-electron chi connectivity index (χ3n) is 5.53. The number of aliphatic carboxylic acids is 1. The average Bonchev–Trinajstić information content (AvgIpc) is 2.75. The lowest BCUT2D eigenvalue weighted by atomic mass is 9.93. The smallest absolute Gasteiger partial charge is 0.320 e. The van der Waals surface area contributed by atoms with Gasteiger partial charge in [-0.1, -0.05) is 43.7 Å². The van der Waals surface area contributed by atoms with E-state index in [1.807, 2.05) is 30.3 Å². The number of nitrogens with zero attached hydrogens (tertiary/aromatic N) is 1. The number of hydrogen-bond donors (Lipinski definition) is 3. The number of benzene rings is 1. The Hall–Kier alpha value is -1.94. The lowest BCUT2D eigenvalue weighted by Gasteiger charge is -2.27. The maximum atomic E-state index is 10.8. The number of rotatable bonds is 6. The predicted octanol–water partition coefficient (Wildman–Crippen LogP) is 2.94. The molecule has 0 unspecified atom stereocenters. The molecule has 0 radical (unpaired) electrons. The van der Waals surface area contributed by atoms with Gasteiger partial charge in [0.2, 0.25) is 0 Å². The topological polar surface area (TPSA) is 94.4 Å². The molecule has 2 heterocycles. The van der Waals surface area contributed by atoms with Crippen LogP contribution in [0.5, 0.6) is 0 Å². The summed E-state index contributed by atoms with van der Waals surface area (Å²) in [5.41, 5.74) is 1.17. The van der Waals surface area contributed by atoms with Crippen LogP contribution in [0.4, 0.5) is 0 Å². The van der Waals surface area contributed by atoms with Crippen LogP contribution in [-0.4, -0.2) is 42.9 Å². The Morgan fingerprint density at radius 2 is 1.86 bits per heavy atom. The highest BCUT2D eigenvalue weighted by molar-refractivity contribution is 5.73. The summed E-state index contributed by atoms with van der Waals surface area (Å²) in [6.07, 6.45) is 5.11. The molecular weight excluding hydrogens is 354 g/mol. The maximum absolute atomic E-state index is 10.8. The molecule has 2 aliphatic heterocycles. The lowest BCUT2D eigenvalue weighted by molar-refractivity contribution is -0.140. The summed E-state index contributed by atoms with van der Waals surface area (Å²) in [6, 6.07) is 12.1. The van der Waals surface area contributed by atoms with Gasteiger partial charge in [0.05, 0.1) is 25.3 Å². The Kier molecular flexibility index (Phi) is 9.98. The zero-order valence-electron chi connectivity index (χ0n) is 16.8. The molecule has 0 amide bonds. The van der Waals surface area contributed by atoms with Gasteiger partial charge in [-0.05, 0) is 49.6 Å². The number of nitrogens with one attached hydrogen (secondary N) is 2. The second kappa shape index (κ2) is 12.5. The number of ether oxygens (including phenoxy) is 1.